The second kappa shape index (κ2) is 9.60. The fourth-order valence-corrected chi connectivity index (χ4v) is 1.64. The summed E-state index contributed by atoms with van der Waals surface area (Å²) in [6.07, 6.45) is 3.24. The third kappa shape index (κ3) is 6.08. The van der Waals surface area contributed by atoms with Gasteiger partial charge in [-0.1, -0.05) is 20.3 Å². The molecule has 0 aliphatic heterocycles. The summed E-state index contributed by atoms with van der Waals surface area (Å²) in [7, 11) is 3.23. The van der Waals surface area contributed by atoms with E-state index in [1.807, 2.05) is 0 Å². The molecule has 0 amide bonds. The maximum atomic E-state index is 11.4. The Morgan fingerprint density at radius 1 is 1.38 bits per heavy atom. The molecule has 0 radical (unpaired) electrons. The van der Waals surface area contributed by atoms with Crippen LogP contribution in [-0.2, 0) is 9.53 Å². The van der Waals surface area contributed by atoms with Gasteiger partial charge < -0.3 is 15.0 Å². The molecule has 4 heteroatoms. The monoisotopic (exact) mass is 230 g/mol. The lowest BCUT2D eigenvalue weighted by molar-refractivity contribution is -0.143. The highest BCUT2D eigenvalue weighted by atomic mass is 16.5. The largest absolute Gasteiger partial charge is 0.468 e. The van der Waals surface area contributed by atoms with Crippen molar-refractivity contribution in [3.05, 3.63) is 0 Å². The van der Waals surface area contributed by atoms with Crippen LogP contribution >= 0.6 is 0 Å². The van der Waals surface area contributed by atoms with E-state index in [-0.39, 0.29) is 12.0 Å². The predicted molar refractivity (Wildman–Crippen MR) is 66.5 cm³/mol. The van der Waals surface area contributed by atoms with Gasteiger partial charge in [0.15, 0.2) is 0 Å². The van der Waals surface area contributed by atoms with Crippen LogP contribution in [0, 0.1) is 0 Å². The molecule has 1 unspecified atom stereocenters. The first-order chi connectivity index (χ1) is 7.69. The van der Waals surface area contributed by atoms with Gasteiger partial charge in [0.1, 0.15) is 6.04 Å². The van der Waals surface area contributed by atoms with E-state index >= 15 is 0 Å². The summed E-state index contributed by atoms with van der Waals surface area (Å²) in [5.74, 6) is -0.172. The lowest BCUT2D eigenvalue weighted by Gasteiger charge is -2.22. The number of methoxy groups -OCH3 is 1. The highest BCUT2D eigenvalue weighted by Gasteiger charge is 2.17. The number of rotatable bonds is 9. The predicted octanol–water partition coefficient (Wildman–Crippen LogP) is 1.26. The van der Waals surface area contributed by atoms with Gasteiger partial charge >= 0.3 is 5.97 Å². The molecule has 0 aromatic heterocycles. The highest BCUT2D eigenvalue weighted by molar-refractivity contribution is 5.75. The maximum absolute atomic E-state index is 11.4. The molecular weight excluding hydrogens is 204 g/mol. The molecular formula is C12H26N2O2. The molecule has 1 N–H and O–H groups in total. The number of nitrogens with zero attached hydrogens (tertiary/aromatic N) is 1. The molecule has 0 heterocycles. The molecule has 0 saturated carbocycles. The molecule has 4 nitrogen and oxygen atoms in total. The summed E-state index contributed by atoms with van der Waals surface area (Å²) in [5, 5.41) is 2.99. The van der Waals surface area contributed by atoms with Crippen molar-refractivity contribution < 1.29 is 9.53 Å². The molecule has 16 heavy (non-hydrogen) atoms. The van der Waals surface area contributed by atoms with Gasteiger partial charge in [0, 0.05) is 6.54 Å². The van der Waals surface area contributed by atoms with Gasteiger partial charge in [0.25, 0.3) is 0 Å². The zero-order valence-corrected chi connectivity index (χ0v) is 11.1. The first-order valence-electron chi connectivity index (χ1n) is 6.16. The van der Waals surface area contributed by atoms with Gasteiger partial charge in [-0.05, 0) is 33.0 Å². The average molecular weight is 230 g/mol. The zero-order valence-electron chi connectivity index (χ0n) is 11.1. The van der Waals surface area contributed by atoms with Crippen molar-refractivity contribution in [1.82, 2.24) is 10.2 Å². The molecule has 0 aromatic carbocycles. The van der Waals surface area contributed by atoms with E-state index in [2.05, 4.69) is 24.1 Å². The van der Waals surface area contributed by atoms with E-state index in [0.29, 0.717) is 0 Å². The van der Waals surface area contributed by atoms with Crippen LogP contribution in [0.3, 0.4) is 0 Å². The van der Waals surface area contributed by atoms with Crippen LogP contribution in [0.1, 0.15) is 33.1 Å². The molecule has 1 atom stereocenters. The molecule has 0 fully saturated rings. The Labute approximate surface area is 99.3 Å². The summed E-state index contributed by atoms with van der Waals surface area (Å²) in [5.41, 5.74) is 0. The van der Waals surface area contributed by atoms with Crippen molar-refractivity contribution in [3.63, 3.8) is 0 Å². The Bertz CT molecular complexity index is 186. The highest BCUT2D eigenvalue weighted by Crippen LogP contribution is 2.00. The van der Waals surface area contributed by atoms with Gasteiger partial charge in [-0.15, -0.1) is 0 Å². The molecule has 0 spiro atoms. The summed E-state index contributed by atoms with van der Waals surface area (Å²) in [6.45, 7) is 7.44. The summed E-state index contributed by atoms with van der Waals surface area (Å²) in [6, 6.07) is -0.180. The summed E-state index contributed by atoms with van der Waals surface area (Å²) in [4.78, 5) is 13.7. The van der Waals surface area contributed by atoms with Crippen molar-refractivity contribution in [2.45, 2.75) is 39.2 Å². The molecule has 0 rings (SSSR count). The first-order valence-corrected chi connectivity index (χ1v) is 6.16. The fourth-order valence-electron chi connectivity index (χ4n) is 1.64. The van der Waals surface area contributed by atoms with Crippen molar-refractivity contribution in [3.8, 4) is 0 Å². The second-order valence-corrected chi connectivity index (χ2v) is 3.94. The van der Waals surface area contributed by atoms with Crippen molar-refractivity contribution >= 4 is 5.97 Å². The van der Waals surface area contributed by atoms with Crippen LogP contribution in [0.4, 0.5) is 0 Å². The zero-order chi connectivity index (χ0) is 12.4. The van der Waals surface area contributed by atoms with Crippen LogP contribution in [0.25, 0.3) is 0 Å². The molecule has 0 aliphatic carbocycles. The number of likely N-dealkylation sites (N-methyl/N-ethyl adjacent to an activating group) is 1. The number of ether oxygens (including phenoxy) is 1. The van der Waals surface area contributed by atoms with E-state index in [1.165, 1.54) is 20.0 Å². The van der Waals surface area contributed by atoms with Crippen LogP contribution in [-0.4, -0.2) is 50.7 Å². The topological polar surface area (TPSA) is 41.6 Å². The summed E-state index contributed by atoms with van der Waals surface area (Å²) < 4.78 is 4.73. The normalized spacial score (nSPS) is 12.8. The minimum Gasteiger partial charge on any atom is -0.468 e. The number of carbonyl (C=O) groups excluding carboxylic acids is 1. The molecule has 0 saturated heterocycles. The smallest absolute Gasteiger partial charge is 0.322 e. The summed E-state index contributed by atoms with van der Waals surface area (Å²) >= 11 is 0. The average Bonchev–Trinajstić information content (AvgIpc) is 2.33. The fraction of sp³-hybridized carbons (Fsp3) is 0.917. The Balaban J connectivity index is 3.92. The minimum atomic E-state index is -0.180. The Morgan fingerprint density at radius 3 is 2.50 bits per heavy atom. The quantitative estimate of drug-likeness (QED) is 0.606. The van der Waals surface area contributed by atoms with Gasteiger partial charge in [0.05, 0.1) is 7.11 Å². The third-order valence-corrected chi connectivity index (χ3v) is 2.84. The minimum absolute atomic E-state index is 0.172. The lowest BCUT2D eigenvalue weighted by Crippen LogP contribution is -2.39. The van der Waals surface area contributed by atoms with E-state index in [0.717, 1.165) is 26.1 Å². The number of hydrogen-bond donors (Lipinski definition) is 1. The second-order valence-electron chi connectivity index (χ2n) is 3.94. The van der Waals surface area contributed by atoms with Crippen LogP contribution in [0.15, 0.2) is 0 Å². The number of esters is 1. The Hall–Kier alpha value is -0.610. The molecule has 96 valence electrons. The molecule has 0 bridgehead atoms. The van der Waals surface area contributed by atoms with E-state index < -0.39 is 0 Å². The number of carbonyl (C=O) groups is 1. The SMILES string of the molecule is CCCCN(CC)CCC(NC)C(=O)OC. The number of hydrogen-bond acceptors (Lipinski definition) is 4. The van der Waals surface area contributed by atoms with E-state index in [9.17, 15) is 4.79 Å². The van der Waals surface area contributed by atoms with Gasteiger partial charge in [-0.25, -0.2) is 0 Å². The number of nitrogens with one attached hydrogen (secondary N) is 1. The van der Waals surface area contributed by atoms with Crippen LogP contribution < -0.4 is 5.32 Å². The maximum Gasteiger partial charge on any atom is 0.322 e. The van der Waals surface area contributed by atoms with Gasteiger partial charge in [0.2, 0.25) is 0 Å². The van der Waals surface area contributed by atoms with Crippen LogP contribution in [0.5, 0.6) is 0 Å². The van der Waals surface area contributed by atoms with Gasteiger partial charge in [-0.2, -0.15) is 0 Å². The van der Waals surface area contributed by atoms with Crippen LogP contribution in [0.2, 0.25) is 0 Å². The van der Waals surface area contributed by atoms with Crippen molar-refractivity contribution in [1.29, 1.82) is 0 Å². The first kappa shape index (κ1) is 15.4. The van der Waals surface area contributed by atoms with E-state index in [4.69, 9.17) is 4.74 Å². The Morgan fingerprint density at radius 2 is 2.06 bits per heavy atom. The van der Waals surface area contributed by atoms with Gasteiger partial charge in [-0.3, -0.25) is 4.79 Å². The standard InChI is InChI=1S/C12H26N2O2/c1-5-7-9-14(6-2)10-8-11(13-3)12(15)16-4/h11,13H,5-10H2,1-4H3. The molecule has 0 aromatic rings. The third-order valence-electron chi connectivity index (χ3n) is 2.84. The van der Waals surface area contributed by atoms with Crippen molar-refractivity contribution in [2.75, 3.05) is 33.8 Å². The number of unbranched alkanes of at least 4 members (excludes halogenated alkanes) is 1. The Kier molecular flexibility index (Phi) is 9.24. The lowest BCUT2D eigenvalue weighted by atomic mass is 10.2. The van der Waals surface area contributed by atoms with Crippen molar-refractivity contribution in [2.24, 2.45) is 0 Å². The molecule has 0 aliphatic rings. The van der Waals surface area contributed by atoms with E-state index in [1.54, 1.807) is 7.05 Å².